The maximum atomic E-state index is 4.72. The average Bonchev–Trinajstić information content (AvgIpc) is 1.61. The molecule has 1 heterocycles. The van der Waals surface area contributed by atoms with Crippen LogP contribution in [0.3, 0.4) is 0 Å². The van der Waals surface area contributed by atoms with Crippen LogP contribution in [-0.2, 0) is 14.2 Å². The first-order chi connectivity index (χ1) is 3.91. The lowest BCUT2D eigenvalue weighted by atomic mass is 10.4. The molecule has 8 heavy (non-hydrogen) atoms. The molecule has 0 N–H and O–H groups in total. The molecule has 0 saturated carbocycles. The summed E-state index contributed by atoms with van der Waals surface area (Å²) in [5.74, 6) is 0. The van der Waals surface area contributed by atoms with E-state index in [0.717, 1.165) is 13.2 Å². The van der Waals surface area contributed by atoms with Crippen LogP contribution >= 0.6 is 0 Å². The Kier molecular flexibility index (Phi) is 7.18. The van der Waals surface area contributed by atoms with Crippen LogP contribution in [0.25, 0.3) is 0 Å². The van der Waals surface area contributed by atoms with Crippen molar-refractivity contribution in [2.75, 3.05) is 20.3 Å². The lowest BCUT2D eigenvalue weighted by molar-refractivity contribution is -0.173. The smallest absolute Gasteiger partial charge is 0.193 e. The highest BCUT2D eigenvalue weighted by Gasteiger charge is 1.94. The lowest BCUT2D eigenvalue weighted by Crippen LogP contribution is -2.09. The number of rotatable bonds is 1. The van der Waals surface area contributed by atoms with Crippen molar-refractivity contribution in [3.63, 3.8) is 0 Å². The first-order valence-corrected chi connectivity index (χ1v) is 3.38. The number of hydrogen-bond donors (Lipinski definition) is 0. The maximum absolute atomic E-state index is 4.72. The number of ether oxygens (including phenoxy) is 1. The Labute approximate surface area is 52.4 Å². The van der Waals surface area contributed by atoms with Gasteiger partial charge in [-0.2, -0.15) is 0 Å². The van der Waals surface area contributed by atoms with E-state index in [0.29, 0.717) is 10.5 Å². The van der Waals surface area contributed by atoms with Crippen molar-refractivity contribution in [1.82, 2.24) is 0 Å². The highest BCUT2D eigenvalue weighted by Crippen LogP contribution is 1.93. The van der Waals surface area contributed by atoms with Gasteiger partial charge in [-0.05, 0) is 6.42 Å². The van der Waals surface area contributed by atoms with Gasteiger partial charge in [0.15, 0.2) is 10.5 Å². The van der Waals surface area contributed by atoms with Gasteiger partial charge in [0.05, 0.1) is 7.11 Å². The molecule has 1 saturated heterocycles. The standard InChI is InChI=1S/C3H6O.CH6O2Si/c1-2-4-3-1;1-2-3-4/h1-3H2;1,4H3. The molecule has 4 heteroatoms. The monoisotopic (exact) mass is 136 g/mol. The van der Waals surface area contributed by atoms with E-state index in [-0.39, 0.29) is 0 Å². The topological polar surface area (TPSA) is 27.7 Å². The third-order valence-corrected chi connectivity index (χ3v) is 1.08. The summed E-state index contributed by atoms with van der Waals surface area (Å²) in [5.41, 5.74) is 0. The Morgan fingerprint density at radius 2 is 1.75 bits per heavy atom. The van der Waals surface area contributed by atoms with E-state index in [4.69, 9.17) is 4.74 Å². The summed E-state index contributed by atoms with van der Waals surface area (Å²) >= 11 is 0. The minimum atomic E-state index is 0.667. The Morgan fingerprint density at radius 1 is 1.50 bits per heavy atom. The summed E-state index contributed by atoms with van der Waals surface area (Å²) in [7, 11) is 2.16. The minimum Gasteiger partial charge on any atom is -0.381 e. The molecule has 1 fully saturated rings. The zero-order chi connectivity index (χ0) is 6.24. The summed E-state index contributed by atoms with van der Waals surface area (Å²) < 4.78 is 8.90. The minimum absolute atomic E-state index is 0.667. The van der Waals surface area contributed by atoms with E-state index in [1.54, 1.807) is 0 Å². The average molecular weight is 136 g/mol. The second-order valence-corrected chi connectivity index (χ2v) is 1.63. The molecule has 50 valence electrons. The molecule has 0 aliphatic carbocycles. The fourth-order valence-electron chi connectivity index (χ4n) is 0.144. The predicted octanol–water partition coefficient (Wildman–Crippen LogP) is -0.748. The fourth-order valence-corrected chi connectivity index (χ4v) is 0.144. The van der Waals surface area contributed by atoms with Crippen molar-refractivity contribution < 1.29 is 14.2 Å². The summed E-state index contributed by atoms with van der Waals surface area (Å²) in [6, 6.07) is 0. The molecular weight excluding hydrogens is 124 g/mol. The number of hydrogen-bond acceptors (Lipinski definition) is 3. The van der Waals surface area contributed by atoms with Gasteiger partial charge in [-0.25, -0.2) is 0 Å². The zero-order valence-electron chi connectivity index (χ0n) is 5.35. The molecule has 1 aliphatic heterocycles. The summed E-state index contributed by atoms with van der Waals surface area (Å²) in [6.07, 6.45) is 1.28. The lowest BCUT2D eigenvalue weighted by Gasteiger charge is -2.09. The van der Waals surface area contributed by atoms with E-state index < -0.39 is 0 Å². The third kappa shape index (κ3) is 6.10. The van der Waals surface area contributed by atoms with Gasteiger partial charge < -0.3 is 4.74 Å². The van der Waals surface area contributed by atoms with Gasteiger partial charge in [0.2, 0.25) is 0 Å². The van der Waals surface area contributed by atoms with Crippen LogP contribution in [0.5, 0.6) is 0 Å². The molecule has 1 rings (SSSR count). The molecule has 0 amide bonds. The molecule has 0 atom stereocenters. The first kappa shape index (κ1) is 8.10. The summed E-state index contributed by atoms with van der Waals surface area (Å²) in [5, 5.41) is 0. The van der Waals surface area contributed by atoms with Crippen molar-refractivity contribution >= 4 is 10.5 Å². The molecule has 0 aromatic heterocycles. The van der Waals surface area contributed by atoms with Crippen LogP contribution in [-0.4, -0.2) is 30.8 Å². The zero-order valence-corrected chi connectivity index (χ0v) is 7.35. The molecule has 0 spiro atoms. The largest absolute Gasteiger partial charge is 0.381 e. The van der Waals surface area contributed by atoms with Crippen LogP contribution in [0, 0.1) is 0 Å². The van der Waals surface area contributed by atoms with Gasteiger partial charge >= 0.3 is 0 Å². The van der Waals surface area contributed by atoms with Crippen molar-refractivity contribution in [1.29, 1.82) is 0 Å². The molecule has 0 unspecified atom stereocenters. The molecule has 0 aromatic carbocycles. The highest BCUT2D eigenvalue weighted by atomic mass is 28.2. The summed E-state index contributed by atoms with van der Waals surface area (Å²) in [4.78, 5) is 4.10. The normalized spacial score (nSPS) is 16.1. The third-order valence-electron chi connectivity index (χ3n) is 0.744. The van der Waals surface area contributed by atoms with Gasteiger partial charge in [0.1, 0.15) is 0 Å². The Hall–Kier alpha value is 0.0969. The van der Waals surface area contributed by atoms with Crippen LogP contribution in [0.1, 0.15) is 6.42 Å². The predicted molar refractivity (Wildman–Crippen MR) is 33.5 cm³/mol. The first-order valence-electron chi connectivity index (χ1n) is 2.56. The molecular formula is C4H12O3Si. The molecule has 1 aliphatic rings. The van der Waals surface area contributed by atoms with E-state index in [1.807, 2.05) is 0 Å². The Balaban J connectivity index is 0.000000122. The van der Waals surface area contributed by atoms with Crippen LogP contribution < -0.4 is 0 Å². The Bertz CT molecular complexity index is 32.3. The van der Waals surface area contributed by atoms with Crippen molar-refractivity contribution in [2.24, 2.45) is 0 Å². The molecule has 0 bridgehead atoms. The SMILES string of the molecule is C1COC1.COO[SiH3]. The maximum Gasteiger partial charge on any atom is 0.193 e. The Morgan fingerprint density at radius 3 is 1.75 bits per heavy atom. The van der Waals surface area contributed by atoms with Gasteiger partial charge in [0.25, 0.3) is 0 Å². The van der Waals surface area contributed by atoms with E-state index in [2.05, 4.69) is 9.46 Å². The van der Waals surface area contributed by atoms with Gasteiger partial charge in [-0.15, -0.1) is 0 Å². The quantitative estimate of drug-likeness (QED) is 0.270. The highest BCUT2D eigenvalue weighted by molar-refractivity contribution is 5.97. The van der Waals surface area contributed by atoms with Crippen molar-refractivity contribution in [3.05, 3.63) is 0 Å². The van der Waals surface area contributed by atoms with E-state index in [1.165, 1.54) is 13.5 Å². The van der Waals surface area contributed by atoms with E-state index in [9.17, 15) is 0 Å². The van der Waals surface area contributed by atoms with Crippen LogP contribution in [0.2, 0.25) is 0 Å². The van der Waals surface area contributed by atoms with Crippen molar-refractivity contribution in [3.8, 4) is 0 Å². The van der Waals surface area contributed by atoms with Crippen molar-refractivity contribution in [2.45, 2.75) is 6.42 Å². The second kappa shape index (κ2) is 7.10. The van der Waals surface area contributed by atoms with Gasteiger partial charge in [-0.1, -0.05) is 0 Å². The molecule has 3 nitrogen and oxygen atoms in total. The van der Waals surface area contributed by atoms with E-state index >= 15 is 0 Å². The van der Waals surface area contributed by atoms with Gasteiger partial charge in [0, 0.05) is 13.2 Å². The molecule has 0 aromatic rings. The van der Waals surface area contributed by atoms with Crippen LogP contribution in [0.4, 0.5) is 0 Å². The van der Waals surface area contributed by atoms with Crippen LogP contribution in [0.15, 0.2) is 0 Å². The van der Waals surface area contributed by atoms with Gasteiger partial charge in [-0.3, -0.25) is 9.46 Å². The summed E-state index contributed by atoms with van der Waals surface area (Å²) in [6.45, 7) is 2.00. The fraction of sp³-hybridized carbons (Fsp3) is 1.00. The second-order valence-electron chi connectivity index (χ2n) is 1.30. The molecule has 0 radical (unpaired) electrons.